The molecule has 1 aliphatic rings. The third-order valence-electron chi connectivity index (χ3n) is 5.65. The Morgan fingerprint density at radius 2 is 1.95 bits per heavy atom. The maximum Gasteiger partial charge on any atom is 0.271 e. The van der Waals surface area contributed by atoms with Crippen molar-refractivity contribution in [3.63, 3.8) is 0 Å². The van der Waals surface area contributed by atoms with E-state index in [4.69, 9.17) is 0 Å². The number of nitrogens with one attached hydrogen (secondary N) is 1. The van der Waals surface area contributed by atoms with Gasteiger partial charge in [0, 0.05) is 44.4 Å². The fourth-order valence-electron chi connectivity index (χ4n) is 3.76. The van der Waals surface area contributed by atoms with E-state index < -0.39 is 26.1 Å². The monoisotopic (exact) mass is 547 g/mol. The van der Waals surface area contributed by atoms with Gasteiger partial charge in [0.2, 0.25) is 21.8 Å². The van der Waals surface area contributed by atoms with Crippen molar-refractivity contribution >= 4 is 55.8 Å². The molecule has 2 aromatic rings. The molecule has 0 spiro atoms. The molecule has 2 atom stereocenters. The molecule has 11 nitrogen and oxygen atoms in total. The van der Waals surface area contributed by atoms with Gasteiger partial charge >= 0.3 is 0 Å². The Morgan fingerprint density at radius 1 is 1.24 bits per heavy atom. The number of anilines is 1. The first-order valence-electron chi connectivity index (χ1n) is 11.6. The number of carbonyl (C=O) groups excluding carboxylic acids is 2. The van der Waals surface area contributed by atoms with Crippen LogP contribution < -0.4 is 5.32 Å². The Kier molecular flexibility index (Phi) is 9.05. The second-order valence-corrected chi connectivity index (χ2v) is 12.0. The average molecular weight is 548 g/mol. The molecule has 37 heavy (non-hydrogen) atoms. The van der Waals surface area contributed by atoms with Gasteiger partial charge in [-0.2, -0.15) is 0 Å². The van der Waals surface area contributed by atoms with Crippen molar-refractivity contribution in [2.75, 3.05) is 19.4 Å². The number of benzene rings is 2. The Morgan fingerprint density at radius 3 is 2.59 bits per heavy atom. The minimum absolute atomic E-state index is 0.0784. The smallest absolute Gasteiger partial charge is 0.271 e. The zero-order valence-electron chi connectivity index (χ0n) is 20.9. The number of hydrogen-bond donors (Lipinski definition) is 1. The molecule has 3 rings (SSSR count). The van der Waals surface area contributed by atoms with Crippen LogP contribution >= 0.6 is 11.8 Å². The predicted molar refractivity (Wildman–Crippen MR) is 143 cm³/mol. The lowest BCUT2D eigenvalue weighted by molar-refractivity contribution is -0.384. The first-order chi connectivity index (χ1) is 17.4. The van der Waals surface area contributed by atoms with Crippen LogP contribution in [0, 0.1) is 10.1 Å². The van der Waals surface area contributed by atoms with Gasteiger partial charge in [0.25, 0.3) is 5.69 Å². The summed E-state index contributed by atoms with van der Waals surface area (Å²) in [6.45, 7) is 3.90. The van der Waals surface area contributed by atoms with Gasteiger partial charge < -0.3 is 5.32 Å². The summed E-state index contributed by atoms with van der Waals surface area (Å²) in [5, 5.41) is 13.3. The van der Waals surface area contributed by atoms with E-state index >= 15 is 0 Å². The van der Waals surface area contributed by atoms with E-state index in [2.05, 4.69) is 10.3 Å². The number of nitro benzene ring substituents is 1. The average Bonchev–Trinajstić information content (AvgIpc) is 3.13. The topological polar surface area (TPSA) is 142 Å². The van der Waals surface area contributed by atoms with E-state index in [1.54, 1.807) is 17.0 Å². The standard InChI is InChI=1S/C24H29N5O6S2/c1-5-8-16(2)28-23(31)21(15-22(30)25-17-9-6-11-19(13-17)29(32)33)36-24(28)26-18-10-7-12-20(14-18)37(34,35)27(3)4/h6-7,9-14,16,21H,5,8,15H2,1-4H3,(H,25,30)/t16-,21-/m1/s1. The summed E-state index contributed by atoms with van der Waals surface area (Å²) in [6, 6.07) is 11.5. The lowest BCUT2D eigenvalue weighted by Gasteiger charge is -2.24. The molecule has 1 saturated heterocycles. The highest BCUT2D eigenvalue weighted by Crippen LogP contribution is 2.34. The zero-order chi connectivity index (χ0) is 27.3. The molecular weight excluding hydrogens is 518 g/mol. The summed E-state index contributed by atoms with van der Waals surface area (Å²) in [4.78, 5) is 42.7. The summed E-state index contributed by atoms with van der Waals surface area (Å²) in [5.41, 5.74) is 0.476. The Balaban J connectivity index is 1.85. The van der Waals surface area contributed by atoms with Crippen molar-refractivity contribution < 1.29 is 22.9 Å². The van der Waals surface area contributed by atoms with Crippen LogP contribution in [0.5, 0.6) is 0 Å². The van der Waals surface area contributed by atoms with Crippen LogP contribution in [0.25, 0.3) is 0 Å². The number of hydrogen-bond acceptors (Lipinski definition) is 8. The largest absolute Gasteiger partial charge is 0.326 e. The number of amidine groups is 1. The highest BCUT2D eigenvalue weighted by Gasteiger charge is 2.41. The van der Waals surface area contributed by atoms with Gasteiger partial charge in [-0.25, -0.2) is 17.7 Å². The molecule has 0 aromatic heterocycles. The number of thioether (sulfide) groups is 1. The Bertz CT molecular complexity index is 1330. The summed E-state index contributed by atoms with van der Waals surface area (Å²) in [6.07, 6.45) is 1.39. The van der Waals surface area contributed by atoms with Gasteiger partial charge in [-0.05, 0) is 37.6 Å². The van der Waals surface area contributed by atoms with Crippen molar-refractivity contribution in [1.82, 2.24) is 9.21 Å². The van der Waals surface area contributed by atoms with Gasteiger partial charge in [0.1, 0.15) is 5.25 Å². The van der Waals surface area contributed by atoms with Gasteiger partial charge in [-0.1, -0.05) is 37.2 Å². The van der Waals surface area contributed by atoms with Crippen molar-refractivity contribution in [2.24, 2.45) is 4.99 Å². The van der Waals surface area contributed by atoms with Crippen molar-refractivity contribution in [1.29, 1.82) is 0 Å². The van der Waals surface area contributed by atoms with Crippen LogP contribution in [0.15, 0.2) is 58.4 Å². The van der Waals surface area contributed by atoms with Crippen LogP contribution in [-0.2, 0) is 19.6 Å². The molecular formula is C24H29N5O6S2. The van der Waals surface area contributed by atoms with E-state index in [1.807, 2.05) is 13.8 Å². The fourth-order valence-corrected chi connectivity index (χ4v) is 5.95. The molecule has 0 radical (unpaired) electrons. The molecule has 13 heteroatoms. The van der Waals surface area contributed by atoms with Crippen LogP contribution in [-0.4, -0.2) is 64.9 Å². The van der Waals surface area contributed by atoms with E-state index in [0.717, 1.165) is 22.5 Å². The van der Waals surface area contributed by atoms with Crippen molar-refractivity contribution in [3.05, 3.63) is 58.6 Å². The minimum Gasteiger partial charge on any atom is -0.326 e. The molecule has 0 aliphatic carbocycles. The van der Waals surface area contributed by atoms with Crippen LogP contribution in [0.3, 0.4) is 0 Å². The number of carbonyl (C=O) groups is 2. The summed E-state index contributed by atoms with van der Waals surface area (Å²) < 4.78 is 26.2. The van der Waals surface area contributed by atoms with Gasteiger partial charge in [0.15, 0.2) is 5.17 Å². The lowest BCUT2D eigenvalue weighted by atomic mass is 10.1. The van der Waals surface area contributed by atoms with Gasteiger partial charge in [0.05, 0.1) is 15.5 Å². The maximum atomic E-state index is 13.3. The third kappa shape index (κ3) is 6.73. The van der Waals surface area contributed by atoms with Gasteiger partial charge in [-0.15, -0.1) is 0 Å². The molecule has 0 unspecified atom stereocenters. The predicted octanol–water partition coefficient (Wildman–Crippen LogP) is 3.99. The zero-order valence-corrected chi connectivity index (χ0v) is 22.6. The molecule has 2 amide bonds. The maximum absolute atomic E-state index is 13.3. The molecule has 0 saturated carbocycles. The highest BCUT2D eigenvalue weighted by atomic mass is 32.2. The highest BCUT2D eigenvalue weighted by molar-refractivity contribution is 8.15. The third-order valence-corrected chi connectivity index (χ3v) is 8.61. The van der Waals surface area contributed by atoms with Crippen molar-refractivity contribution in [2.45, 2.75) is 49.3 Å². The molecule has 2 aromatic carbocycles. The van der Waals surface area contributed by atoms with E-state index in [0.29, 0.717) is 17.3 Å². The van der Waals surface area contributed by atoms with Crippen LogP contribution in [0.4, 0.5) is 17.1 Å². The second kappa shape index (κ2) is 11.8. The van der Waals surface area contributed by atoms with Crippen molar-refractivity contribution in [3.8, 4) is 0 Å². The normalized spacial score (nSPS) is 17.9. The number of amides is 2. The molecule has 1 N–H and O–H groups in total. The first-order valence-corrected chi connectivity index (χ1v) is 13.9. The number of aliphatic imine (C=N–C) groups is 1. The van der Waals surface area contributed by atoms with Crippen LogP contribution in [0.2, 0.25) is 0 Å². The fraction of sp³-hybridized carbons (Fsp3) is 0.375. The number of nitrogens with zero attached hydrogens (tertiary/aromatic N) is 4. The number of non-ortho nitro benzene ring substituents is 1. The minimum atomic E-state index is -3.67. The van der Waals surface area contributed by atoms with E-state index in [1.165, 1.54) is 50.5 Å². The van der Waals surface area contributed by atoms with Gasteiger partial charge in [-0.3, -0.25) is 24.6 Å². The molecule has 1 fully saturated rings. The van der Waals surface area contributed by atoms with E-state index in [-0.39, 0.29) is 34.6 Å². The number of sulfonamides is 1. The summed E-state index contributed by atoms with van der Waals surface area (Å²) in [7, 11) is -0.783. The van der Waals surface area contributed by atoms with E-state index in [9.17, 15) is 28.1 Å². The Labute approximate surface area is 220 Å². The molecule has 0 bridgehead atoms. The summed E-state index contributed by atoms with van der Waals surface area (Å²) >= 11 is 1.14. The lowest BCUT2D eigenvalue weighted by Crippen LogP contribution is -2.40. The first kappa shape index (κ1) is 28.3. The quantitative estimate of drug-likeness (QED) is 0.350. The number of rotatable bonds is 10. The Hall–Kier alpha value is -3.29. The SMILES string of the molecule is CCC[C@@H](C)N1C(=O)[C@@H](CC(=O)Nc2cccc([N+](=O)[O-])c2)SC1=Nc1cccc(S(=O)(=O)N(C)C)c1. The number of nitro groups is 1. The van der Waals surface area contributed by atoms with Crippen LogP contribution in [0.1, 0.15) is 33.1 Å². The second-order valence-electron chi connectivity index (χ2n) is 8.69. The molecule has 198 valence electrons. The molecule has 1 heterocycles. The summed E-state index contributed by atoms with van der Waals surface area (Å²) in [5.74, 6) is -0.731. The molecule has 1 aliphatic heterocycles.